The van der Waals surface area contributed by atoms with Crippen LogP contribution < -0.4 is 11.1 Å². The molecular formula is C15H30N2O. The number of hydrogen-bond acceptors (Lipinski definition) is 2. The van der Waals surface area contributed by atoms with E-state index in [1.807, 2.05) is 6.92 Å². The van der Waals surface area contributed by atoms with Crippen LogP contribution in [0.5, 0.6) is 0 Å². The van der Waals surface area contributed by atoms with Crippen molar-refractivity contribution in [2.24, 2.45) is 11.7 Å². The van der Waals surface area contributed by atoms with Gasteiger partial charge >= 0.3 is 0 Å². The summed E-state index contributed by atoms with van der Waals surface area (Å²) in [6.07, 6.45) is 10.7. The van der Waals surface area contributed by atoms with Crippen molar-refractivity contribution in [2.75, 3.05) is 0 Å². The van der Waals surface area contributed by atoms with Crippen molar-refractivity contribution in [1.82, 2.24) is 5.32 Å². The van der Waals surface area contributed by atoms with E-state index >= 15 is 0 Å². The third-order valence-electron chi connectivity index (χ3n) is 3.97. The maximum atomic E-state index is 11.6. The van der Waals surface area contributed by atoms with Gasteiger partial charge in [0, 0.05) is 18.5 Å². The lowest BCUT2D eigenvalue weighted by molar-refractivity contribution is -0.121. The van der Waals surface area contributed by atoms with Crippen molar-refractivity contribution >= 4 is 5.91 Å². The van der Waals surface area contributed by atoms with E-state index in [1.165, 1.54) is 38.5 Å². The SMILES string of the molecule is CC(N)CCC(=O)NC(C)CCC1CCCCC1. The van der Waals surface area contributed by atoms with E-state index < -0.39 is 0 Å². The molecule has 1 fully saturated rings. The number of nitrogens with one attached hydrogen (secondary N) is 1. The number of rotatable bonds is 7. The van der Waals surface area contributed by atoms with Crippen LogP contribution in [-0.4, -0.2) is 18.0 Å². The van der Waals surface area contributed by atoms with Crippen LogP contribution in [0.3, 0.4) is 0 Å². The maximum absolute atomic E-state index is 11.6. The highest BCUT2D eigenvalue weighted by molar-refractivity contribution is 5.76. The van der Waals surface area contributed by atoms with Crippen molar-refractivity contribution in [3.8, 4) is 0 Å². The maximum Gasteiger partial charge on any atom is 0.220 e. The summed E-state index contributed by atoms with van der Waals surface area (Å²) in [5.41, 5.74) is 5.65. The standard InChI is InChI=1S/C15H30N2O/c1-12(16)8-11-15(18)17-13(2)9-10-14-6-4-3-5-7-14/h12-14H,3-11,16H2,1-2H3,(H,17,18). The fourth-order valence-corrected chi connectivity index (χ4v) is 2.74. The molecule has 18 heavy (non-hydrogen) atoms. The van der Waals surface area contributed by atoms with Crippen LogP contribution in [0, 0.1) is 5.92 Å². The first-order chi connectivity index (χ1) is 8.58. The number of carbonyl (C=O) groups is 1. The molecule has 3 nitrogen and oxygen atoms in total. The van der Waals surface area contributed by atoms with Crippen LogP contribution in [0.15, 0.2) is 0 Å². The van der Waals surface area contributed by atoms with Gasteiger partial charge in [0.25, 0.3) is 0 Å². The first-order valence-electron chi connectivity index (χ1n) is 7.63. The van der Waals surface area contributed by atoms with Crippen LogP contribution in [-0.2, 0) is 4.79 Å². The fourth-order valence-electron chi connectivity index (χ4n) is 2.74. The molecule has 0 saturated heterocycles. The monoisotopic (exact) mass is 254 g/mol. The van der Waals surface area contributed by atoms with Gasteiger partial charge in [0.1, 0.15) is 0 Å². The van der Waals surface area contributed by atoms with Gasteiger partial charge in [0.2, 0.25) is 5.91 Å². The molecule has 3 heteroatoms. The lowest BCUT2D eigenvalue weighted by atomic mass is 9.85. The Morgan fingerprint density at radius 3 is 2.50 bits per heavy atom. The summed E-state index contributed by atoms with van der Waals surface area (Å²) >= 11 is 0. The highest BCUT2D eigenvalue weighted by Crippen LogP contribution is 2.27. The van der Waals surface area contributed by atoms with Gasteiger partial charge in [0.15, 0.2) is 0 Å². The molecule has 0 spiro atoms. The van der Waals surface area contributed by atoms with Crippen LogP contribution in [0.4, 0.5) is 0 Å². The number of amides is 1. The number of hydrogen-bond donors (Lipinski definition) is 2. The van der Waals surface area contributed by atoms with E-state index in [9.17, 15) is 4.79 Å². The summed E-state index contributed by atoms with van der Waals surface area (Å²) in [6.45, 7) is 4.06. The van der Waals surface area contributed by atoms with Gasteiger partial charge in [-0.2, -0.15) is 0 Å². The first-order valence-corrected chi connectivity index (χ1v) is 7.63. The lowest BCUT2D eigenvalue weighted by Gasteiger charge is -2.23. The van der Waals surface area contributed by atoms with Crippen molar-refractivity contribution in [3.63, 3.8) is 0 Å². The van der Waals surface area contributed by atoms with E-state index in [-0.39, 0.29) is 11.9 Å². The van der Waals surface area contributed by atoms with E-state index in [0.717, 1.165) is 18.8 Å². The lowest BCUT2D eigenvalue weighted by Crippen LogP contribution is -2.33. The summed E-state index contributed by atoms with van der Waals surface area (Å²) in [7, 11) is 0. The van der Waals surface area contributed by atoms with E-state index in [1.54, 1.807) is 0 Å². The normalized spacial score (nSPS) is 20.4. The minimum atomic E-state index is 0.119. The molecular weight excluding hydrogens is 224 g/mol. The Balaban J connectivity index is 2.08. The second-order valence-corrected chi connectivity index (χ2v) is 6.07. The predicted molar refractivity (Wildman–Crippen MR) is 76.3 cm³/mol. The Kier molecular flexibility index (Phi) is 7.33. The van der Waals surface area contributed by atoms with E-state index in [4.69, 9.17) is 5.73 Å². The zero-order valence-corrected chi connectivity index (χ0v) is 12.1. The van der Waals surface area contributed by atoms with Crippen molar-refractivity contribution in [2.45, 2.75) is 83.7 Å². The Hall–Kier alpha value is -0.570. The minimum absolute atomic E-state index is 0.119. The molecule has 0 aliphatic heterocycles. The zero-order chi connectivity index (χ0) is 13.4. The summed E-state index contributed by atoms with van der Waals surface area (Å²) in [5.74, 6) is 1.06. The van der Waals surface area contributed by atoms with Gasteiger partial charge < -0.3 is 11.1 Å². The van der Waals surface area contributed by atoms with Gasteiger partial charge in [-0.3, -0.25) is 4.79 Å². The van der Waals surface area contributed by atoms with Gasteiger partial charge in [-0.25, -0.2) is 0 Å². The summed E-state index contributed by atoms with van der Waals surface area (Å²) in [5, 5.41) is 3.08. The average molecular weight is 254 g/mol. The molecule has 106 valence electrons. The molecule has 3 N–H and O–H groups in total. The second-order valence-electron chi connectivity index (χ2n) is 6.07. The largest absolute Gasteiger partial charge is 0.354 e. The fraction of sp³-hybridized carbons (Fsp3) is 0.933. The van der Waals surface area contributed by atoms with Gasteiger partial charge in [-0.15, -0.1) is 0 Å². The molecule has 0 aromatic rings. The molecule has 1 saturated carbocycles. The third-order valence-corrected chi connectivity index (χ3v) is 3.97. The Bertz CT molecular complexity index is 235. The van der Waals surface area contributed by atoms with E-state index in [0.29, 0.717) is 12.5 Å². The molecule has 1 aliphatic carbocycles. The minimum Gasteiger partial charge on any atom is -0.354 e. The summed E-state index contributed by atoms with van der Waals surface area (Å²) in [4.78, 5) is 11.6. The molecule has 0 aromatic carbocycles. The van der Waals surface area contributed by atoms with Crippen molar-refractivity contribution in [3.05, 3.63) is 0 Å². The second kappa shape index (κ2) is 8.52. The number of nitrogens with two attached hydrogens (primary N) is 1. The topological polar surface area (TPSA) is 55.1 Å². The first kappa shape index (κ1) is 15.5. The predicted octanol–water partition coefficient (Wildman–Crippen LogP) is 2.98. The van der Waals surface area contributed by atoms with Crippen LogP contribution in [0.25, 0.3) is 0 Å². The molecule has 2 unspecified atom stereocenters. The van der Waals surface area contributed by atoms with E-state index in [2.05, 4.69) is 12.2 Å². The average Bonchev–Trinajstić information content (AvgIpc) is 2.35. The van der Waals surface area contributed by atoms with Crippen LogP contribution >= 0.6 is 0 Å². The van der Waals surface area contributed by atoms with Crippen LogP contribution in [0.1, 0.15) is 71.6 Å². The quantitative estimate of drug-likeness (QED) is 0.734. The molecule has 1 aliphatic rings. The highest BCUT2D eigenvalue weighted by Gasteiger charge is 2.15. The highest BCUT2D eigenvalue weighted by atomic mass is 16.1. The molecule has 1 amide bonds. The molecule has 0 radical (unpaired) electrons. The Morgan fingerprint density at radius 1 is 1.22 bits per heavy atom. The summed E-state index contributed by atoms with van der Waals surface area (Å²) in [6, 6.07) is 0.431. The number of carbonyl (C=O) groups excluding carboxylic acids is 1. The molecule has 0 heterocycles. The van der Waals surface area contributed by atoms with Crippen molar-refractivity contribution < 1.29 is 4.79 Å². The van der Waals surface area contributed by atoms with Crippen molar-refractivity contribution in [1.29, 1.82) is 0 Å². The summed E-state index contributed by atoms with van der Waals surface area (Å²) < 4.78 is 0. The Morgan fingerprint density at radius 2 is 1.89 bits per heavy atom. The van der Waals surface area contributed by atoms with Gasteiger partial charge in [0.05, 0.1) is 0 Å². The third kappa shape index (κ3) is 7.00. The molecule has 0 aromatic heterocycles. The zero-order valence-electron chi connectivity index (χ0n) is 12.1. The molecule has 0 bridgehead atoms. The smallest absolute Gasteiger partial charge is 0.220 e. The van der Waals surface area contributed by atoms with Gasteiger partial charge in [-0.05, 0) is 39.0 Å². The van der Waals surface area contributed by atoms with Gasteiger partial charge in [-0.1, -0.05) is 32.1 Å². The van der Waals surface area contributed by atoms with Crippen LogP contribution in [0.2, 0.25) is 0 Å². The molecule has 2 atom stereocenters. The molecule has 1 rings (SSSR count). The Labute approximate surface area is 112 Å².